The van der Waals surface area contributed by atoms with E-state index in [2.05, 4.69) is 77.7 Å². The van der Waals surface area contributed by atoms with Gasteiger partial charge in [0.25, 0.3) is 0 Å². The molecule has 0 saturated carbocycles. The molecule has 0 bridgehead atoms. The first kappa shape index (κ1) is 20.6. The number of aromatic nitrogens is 6. The summed E-state index contributed by atoms with van der Waals surface area (Å²) in [6.45, 7) is 2.12. The molecule has 0 spiro atoms. The van der Waals surface area contributed by atoms with Crippen molar-refractivity contribution in [2.24, 2.45) is 21.1 Å². The molecule has 0 fully saturated rings. The van der Waals surface area contributed by atoms with Gasteiger partial charge in [0, 0.05) is 56.9 Å². The molecule has 170 valence electrons. The normalized spacial score (nSPS) is 12.0. The molecule has 7 nitrogen and oxygen atoms in total. The largest absolute Gasteiger partial charge is 0.286 e. The Bertz CT molecular complexity index is 1440. The fourth-order valence-electron chi connectivity index (χ4n) is 5.02. The first-order valence-corrected chi connectivity index (χ1v) is 11.5. The van der Waals surface area contributed by atoms with Crippen LogP contribution >= 0.6 is 0 Å². The molecule has 0 aliphatic carbocycles. The zero-order chi connectivity index (χ0) is 23.2. The molecule has 0 N–H and O–H groups in total. The summed E-state index contributed by atoms with van der Waals surface area (Å²) in [4.78, 5) is 2.40. The van der Waals surface area contributed by atoms with E-state index in [1.807, 2.05) is 35.2 Å². The van der Waals surface area contributed by atoms with Crippen LogP contribution in [0.3, 0.4) is 0 Å². The maximum atomic E-state index is 4.87. The number of benzene rings is 3. The van der Waals surface area contributed by atoms with Crippen molar-refractivity contribution in [2.75, 3.05) is 0 Å². The first-order valence-electron chi connectivity index (χ1n) is 11.5. The van der Waals surface area contributed by atoms with Gasteiger partial charge in [0.05, 0.1) is 33.6 Å². The van der Waals surface area contributed by atoms with Crippen LogP contribution in [0.25, 0.3) is 32.7 Å². The highest BCUT2D eigenvalue weighted by Gasteiger charge is 2.19. The number of hydrogen-bond donors (Lipinski definition) is 0. The van der Waals surface area contributed by atoms with Crippen molar-refractivity contribution in [3.8, 4) is 0 Å². The zero-order valence-electron chi connectivity index (χ0n) is 19.7. The third-order valence-corrected chi connectivity index (χ3v) is 6.62. The average molecular weight is 450 g/mol. The number of fused-ring (bicyclic) bond motifs is 3. The first-order chi connectivity index (χ1) is 16.6. The second kappa shape index (κ2) is 8.11. The summed E-state index contributed by atoms with van der Waals surface area (Å²) in [5.74, 6) is 0. The molecule has 0 saturated heterocycles. The van der Waals surface area contributed by atoms with E-state index in [1.165, 1.54) is 16.2 Å². The fraction of sp³-hybridized carbons (Fsp3) is 0.222. The molecule has 3 heterocycles. The minimum atomic E-state index is 0.706. The maximum Gasteiger partial charge on any atom is 0.0843 e. The minimum Gasteiger partial charge on any atom is -0.286 e. The molecule has 34 heavy (non-hydrogen) atoms. The predicted octanol–water partition coefficient (Wildman–Crippen LogP) is 4.55. The predicted molar refractivity (Wildman–Crippen MR) is 135 cm³/mol. The summed E-state index contributed by atoms with van der Waals surface area (Å²) in [5.41, 5.74) is 6.63. The summed E-state index contributed by atoms with van der Waals surface area (Å²) in [5, 5.41) is 18.2. The molecule has 6 aromatic rings. The molecule has 0 amide bonds. The Morgan fingerprint density at radius 2 is 0.794 bits per heavy atom. The van der Waals surface area contributed by atoms with Crippen LogP contribution in [-0.4, -0.2) is 34.2 Å². The van der Waals surface area contributed by atoms with E-state index >= 15 is 0 Å². The molecule has 0 unspecified atom stereocenters. The van der Waals surface area contributed by atoms with E-state index in [-0.39, 0.29) is 0 Å². The summed E-state index contributed by atoms with van der Waals surface area (Å²) in [6, 6.07) is 25.2. The van der Waals surface area contributed by atoms with Gasteiger partial charge in [-0.1, -0.05) is 54.6 Å². The summed E-state index contributed by atoms with van der Waals surface area (Å²) >= 11 is 0. The SMILES string of the molecule is Cn1nc(CN(Cc2nn(C)c3ccccc23)Cc2nn(C)c3ccccc23)c2ccccc21. The van der Waals surface area contributed by atoms with E-state index in [0.29, 0.717) is 19.6 Å². The topological polar surface area (TPSA) is 56.7 Å². The smallest absolute Gasteiger partial charge is 0.0843 e. The lowest BCUT2D eigenvalue weighted by Crippen LogP contribution is -2.24. The Hall–Kier alpha value is -3.97. The molecular weight excluding hydrogens is 422 g/mol. The van der Waals surface area contributed by atoms with Crippen molar-refractivity contribution >= 4 is 32.7 Å². The lowest BCUT2D eigenvalue weighted by atomic mass is 10.1. The van der Waals surface area contributed by atoms with Crippen molar-refractivity contribution < 1.29 is 0 Å². The van der Waals surface area contributed by atoms with Gasteiger partial charge in [-0.05, 0) is 18.2 Å². The molecule has 7 heteroatoms. The van der Waals surface area contributed by atoms with Gasteiger partial charge in [0.1, 0.15) is 0 Å². The molecule has 0 radical (unpaired) electrons. The molecule has 0 atom stereocenters. The van der Waals surface area contributed by atoms with E-state index < -0.39 is 0 Å². The van der Waals surface area contributed by atoms with Gasteiger partial charge >= 0.3 is 0 Å². The van der Waals surface area contributed by atoms with Crippen LogP contribution in [0.4, 0.5) is 0 Å². The number of hydrogen-bond acceptors (Lipinski definition) is 4. The minimum absolute atomic E-state index is 0.706. The molecule has 3 aromatic carbocycles. The van der Waals surface area contributed by atoms with Crippen LogP contribution in [0, 0.1) is 0 Å². The second-order valence-corrected chi connectivity index (χ2v) is 8.91. The number of nitrogens with zero attached hydrogens (tertiary/aromatic N) is 7. The quantitative estimate of drug-likeness (QED) is 0.374. The number of aryl methyl sites for hydroxylation is 3. The van der Waals surface area contributed by atoms with Gasteiger partial charge in [-0.15, -0.1) is 0 Å². The van der Waals surface area contributed by atoms with Crippen molar-refractivity contribution in [2.45, 2.75) is 19.6 Å². The van der Waals surface area contributed by atoms with E-state index in [0.717, 1.165) is 33.6 Å². The summed E-state index contributed by atoms with van der Waals surface area (Å²) in [7, 11) is 6.03. The van der Waals surface area contributed by atoms with Gasteiger partial charge in [-0.25, -0.2) is 0 Å². The molecule has 0 aliphatic heterocycles. The summed E-state index contributed by atoms with van der Waals surface area (Å²) < 4.78 is 5.90. The van der Waals surface area contributed by atoms with Crippen LogP contribution in [0.2, 0.25) is 0 Å². The van der Waals surface area contributed by atoms with E-state index in [1.54, 1.807) is 0 Å². The van der Waals surface area contributed by atoms with Gasteiger partial charge in [-0.2, -0.15) is 15.3 Å². The van der Waals surface area contributed by atoms with E-state index in [4.69, 9.17) is 15.3 Å². The number of rotatable bonds is 6. The molecule has 6 rings (SSSR count). The maximum absolute atomic E-state index is 4.87. The van der Waals surface area contributed by atoms with Crippen molar-refractivity contribution in [1.82, 2.24) is 34.2 Å². The highest BCUT2D eigenvalue weighted by molar-refractivity contribution is 5.83. The fourth-order valence-corrected chi connectivity index (χ4v) is 5.02. The third-order valence-electron chi connectivity index (χ3n) is 6.62. The average Bonchev–Trinajstić information content (AvgIpc) is 3.46. The molecular formula is C27H27N7. The lowest BCUT2D eigenvalue weighted by molar-refractivity contribution is 0.239. The monoisotopic (exact) mass is 449 g/mol. The van der Waals surface area contributed by atoms with Crippen LogP contribution in [0.1, 0.15) is 17.1 Å². The lowest BCUT2D eigenvalue weighted by Gasteiger charge is -2.20. The highest BCUT2D eigenvalue weighted by atomic mass is 15.3. The highest BCUT2D eigenvalue weighted by Crippen LogP contribution is 2.25. The van der Waals surface area contributed by atoms with Crippen molar-refractivity contribution in [3.05, 3.63) is 89.9 Å². The van der Waals surface area contributed by atoms with Crippen LogP contribution in [-0.2, 0) is 40.8 Å². The Labute approximate surface area is 197 Å². The van der Waals surface area contributed by atoms with Crippen LogP contribution in [0.5, 0.6) is 0 Å². The van der Waals surface area contributed by atoms with Crippen molar-refractivity contribution in [3.63, 3.8) is 0 Å². The van der Waals surface area contributed by atoms with Gasteiger partial charge in [0.15, 0.2) is 0 Å². The standard InChI is InChI=1S/C27H27N7/c1-31-25-13-7-4-10-19(25)22(28-31)16-34(17-23-20-11-5-8-14-26(20)32(2)29-23)18-24-21-12-6-9-15-27(21)33(3)30-24/h4-15H,16-18H2,1-3H3. The van der Waals surface area contributed by atoms with Crippen molar-refractivity contribution in [1.29, 1.82) is 0 Å². The molecule has 3 aromatic heterocycles. The Balaban J connectivity index is 1.42. The molecule has 0 aliphatic rings. The van der Waals surface area contributed by atoms with Crippen LogP contribution < -0.4 is 0 Å². The summed E-state index contributed by atoms with van der Waals surface area (Å²) in [6.07, 6.45) is 0. The van der Waals surface area contributed by atoms with Crippen LogP contribution in [0.15, 0.2) is 72.8 Å². The second-order valence-electron chi connectivity index (χ2n) is 8.91. The Morgan fingerprint density at radius 3 is 1.12 bits per heavy atom. The Morgan fingerprint density at radius 1 is 0.500 bits per heavy atom. The van der Waals surface area contributed by atoms with Gasteiger partial charge in [-0.3, -0.25) is 18.9 Å². The van der Waals surface area contributed by atoms with E-state index in [9.17, 15) is 0 Å². The zero-order valence-corrected chi connectivity index (χ0v) is 19.7. The van der Waals surface area contributed by atoms with Gasteiger partial charge in [0.2, 0.25) is 0 Å². The third kappa shape index (κ3) is 3.45. The Kier molecular flexibility index (Phi) is 4.92. The van der Waals surface area contributed by atoms with Gasteiger partial charge < -0.3 is 0 Å². The number of para-hydroxylation sites is 3.